The van der Waals surface area contributed by atoms with E-state index in [0.717, 1.165) is 12.6 Å². The minimum Gasteiger partial charge on any atom is -0.320 e. The fourth-order valence-corrected chi connectivity index (χ4v) is 2.53. The van der Waals surface area contributed by atoms with E-state index in [1.54, 1.807) is 7.05 Å². The van der Waals surface area contributed by atoms with Crippen molar-refractivity contribution in [3.63, 3.8) is 0 Å². The van der Waals surface area contributed by atoms with Gasteiger partial charge in [-0.25, -0.2) is 17.5 Å². The molecule has 0 saturated carbocycles. The molecule has 1 aromatic rings. The van der Waals surface area contributed by atoms with E-state index in [-0.39, 0.29) is 9.37 Å². The van der Waals surface area contributed by atoms with Gasteiger partial charge >= 0.3 is 0 Å². The van der Waals surface area contributed by atoms with E-state index in [1.165, 1.54) is 12.1 Å². The lowest BCUT2D eigenvalue weighted by Crippen LogP contribution is -2.26. The van der Waals surface area contributed by atoms with Gasteiger partial charge in [0.15, 0.2) is 0 Å². The zero-order valence-electron chi connectivity index (χ0n) is 9.33. The monoisotopic (exact) mass is 324 g/mol. The summed E-state index contributed by atoms with van der Waals surface area (Å²) >= 11 is 2.97. The van der Waals surface area contributed by atoms with Crippen LogP contribution >= 0.6 is 15.9 Å². The summed E-state index contributed by atoms with van der Waals surface area (Å²) in [7, 11) is -1.83. The molecule has 0 aliphatic heterocycles. The molecule has 0 aromatic heterocycles. The molecule has 0 aliphatic rings. The van der Waals surface area contributed by atoms with Crippen molar-refractivity contribution in [2.45, 2.75) is 11.3 Å². The Morgan fingerprint density at radius 3 is 2.65 bits per heavy atom. The number of rotatable bonds is 6. The quantitative estimate of drug-likeness (QED) is 0.779. The maximum atomic E-state index is 13.2. The number of hydrogen-bond acceptors (Lipinski definition) is 3. The van der Waals surface area contributed by atoms with Crippen LogP contribution in [-0.2, 0) is 10.0 Å². The number of benzene rings is 1. The molecule has 0 spiro atoms. The van der Waals surface area contributed by atoms with Gasteiger partial charge in [0.05, 0.1) is 9.37 Å². The molecular weight excluding hydrogens is 311 g/mol. The smallest absolute Gasteiger partial charge is 0.240 e. The van der Waals surface area contributed by atoms with Gasteiger partial charge in [0, 0.05) is 6.54 Å². The largest absolute Gasteiger partial charge is 0.320 e. The van der Waals surface area contributed by atoms with Gasteiger partial charge in [0.1, 0.15) is 5.82 Å². The van der Waals surface area contributed by atoms with E-state index < -0.39 is 15.8 Å². The maximum Gasteiger partial charge on any atom is 0.240 e. The second-order valence-corrected chi connectivity index (χ2v) is 6.05. The van der Waals surface area contributed by atoms with Crippen molar-refractivity contribution < 1.29 is 12.8 Å². The fraction of sp³-hybridized carbons (Fsp3) is 0.400. The highest BCUT2D eigenvalue weighted by Gasteiger charge is 2.14. The highest BCUT2D eigenvalue weighted by molar-refractivity contribution is 9.10. The summed E-state index contributed by atoms with van der Waals surface area (Å²) in [6.07, 6.45) is 0.675. The summed E-state index contributed by atoms with van der Waals surface area (Å²) in [5.74, 6) is -0.594. The van der Waals surface area contributed by atoms with E-state index >= 15 is 0 Å². The Kier molecular flexibility index (Phi) is 5.51. The van der Waals surface area contributed by atoms with Crippen molar-refractivity contribution in [1.29, 1.82) is 0 Å². The summed E-state index contributed by atoms with van der Waals surface area (Å²) in [4.78, 5) is -0.0670. The predicted octanol–water partition coefficient (Wildman–Crippen LogP) is 1.48. The SMILES string of the molecule is CNCCCNS(=O)(=O)c1ccc(Br)c(F)c1. The predicted molar refractivity (Wildman–Crippen MR) is 67.8 cm³/mol. The standard InChI is InChI=1S/C10H14BrFN2O2S/c1-13-5-2-6-14-17(15,16)8-3-4-9(11)10(12)7-8/h3-4,7,13-14H,2,5-6H2,1H3. The fourth-order valence-electron chi connectivity index (χ4n) is 1.20. The van der Waals surface area contributed by atoms with Crippen LogP contribution in [0.2, 0.25) is 0 Å². The van der Waals surface area contributed by atoms with E-state index in [0.29, 0.717) is 13.0 Å². The Labute approximate surface area is 109 Å². The first-order chi connectivity index (χ1) is 7.97. The molecule has 0 aliphatic carbocycles. The highest BCUT2D eigenvalue weighted by Crippen LogP contribution is 2.19. The van der Waals surface area contributed by atoms with Crippen molar-refractivity contribution in [1.82, 2.24) is 10.0 Å². The zero-order chi connectivity index (χ0) is 12.9. The molecule has 0 atom stereocenters. The third kappa shape index (κ3) is 4.34. The van der Waals surface area contributed by atoms with Crippen molar-refractivity contribution >= 4 is 26.0 Å². The van der Waals surface area contributed by atoms with Crippen LogP contribution in [0.5, 0.6) is 0 Å². The van der Waals surface area contributed by atoms with E-state index in [1.807, 2.05) is 0 Å². The summed E-state index contributed by atoms with van der Waals surface area (Å²) in [6.45, 7) is 1.04. The second-order valence-electron chi connectivity index (χ2n) is 3.43. The Hall–Kier alpha value is -0.500. The van der Waals surface area contributed by atoms with Gasteiger partial charge in [-0.3, -0.25) is 0 Å². The minimum absolute atomic E-state index is 0.0670. The lowest BCUT2D eigenvalue weighted by molar-refractivity contribution is 0.573. The van der Waals surface area contributed by atoms with Crippen LogP contribution in [-0.4, -0.2) is 28.6 Å². The molecule has 0 radical (unpaired) electrons. The molecule has 2 N–H and O–H groups in total. The molecule has 1 rings (SSSR count). The number of hydrogen-bond donors (Lipinski definition) is 2. The van der Waals surface area contributed by atoms with Crippen LogP contribution in [0.4, 0.5) is 4.39 Å². The Balaban J connectivity index is 2.72. The Bertz CT molecular complexity index is 479. The van der Waals surface area contributed by atoms with Gasteiger partial charge in [-0.2, -0.15) is 0 Å². The third-order valence-corrected chi connectivity index (χ3v) is 4.20. The normalized spacial score (nSPS) is 11.7. The summed E-state index contributed by atoms with van der Waals surface area (Å²) < 4.78 is 39.3. The van der Waals surface area contributed by atoms with Crippen LogP contribution in [0.15, 0.2) is 27.6 Å². The first kappa shape index (κ1) is 14.6. The lowest BCUT2D eigenvalue weighted by Gasteiger charge is -2.07. The highest BCUT2D eigenvalue weighted by atomic mass is 79.9. The molecule has 0 fully saturated rings. The van der Waals surface area contributed by atoms with Crippen molar-refractivity contribution in [3.05, 3.63) is 28.5 Å². The van der Waals surface area contributed by atoms with Crippen LogP contribution in [0.25, 0.3) is 0 Å². The second kappa shape index (κ2) is 6.44. The molecule has 0 amide bonds. The van der Waals surface area contributed by atoms with Crippen molar-refractivity contribution in [3.8, 4) is 0 Å². The van der Waals surface area contributed by atoms with Crippen molar-refractivity contribution in [2.75, 3.05) is 20.1 Å². The van der Waals surface area contributed by atoms with Crippen molar-refractivity contribution in [2.24, 2.45) is 0 Å². The van der Waals surface area contributed by atoms with Gasteiger partial charge in [-0.15, -0.1) is 0 Å². The molecule has 1 aromatic carbocycles. The van der Waals surface area contributed by atoms with Crippen LogP contribution in [0.1, 0.15) is 6.42 Å². The van der Waals surface area contributed by atoms with Gasteiger partial charge in [0.2, 0.25) is 10.0 Å². The third-order valence-electron chi connectivity index (χ3n) is 2.10. The first-order valence-electron chi connectivity index (χ1n) is 5.06. The average molecular weight is 325 g/mol. The molecule has 96 valence electrons. The van der Waals surface area contributed by atoms with Gasteiger partial charge in [0.25, 0.3) is 0 Å². The minimum atomic E-state index is -3.62. The zero-order valence-corrected chi connectivity index (χ0v) is 11.7. The van der Waals surface area contributed by atoms with Gasteiger partial charge in [-0.05, 0) is 54.1 Å². The average Bonchev–Trinajstić information content (AvgIpc) is 2.28. The summed E-state index contributed by atoms with van der Waals surface area (Å²) in [6, 6.07) is 3.72. The number of nitrogens with one attached hydrogen (secondary N) is 2. The van der Waals surface area contributed by atoms with Gasteiger partial charge in [-0.1, -0.05) is 0 Å². The molecule has 4 nitrogen and oxygen atoms in total. The summed E-state index contributed by atoms with van der Waals surface area (Å²) in [5, 5.41) is 2.91. The van der Waals surface area contributed by atoms with E-state index in [2.05, 4.69) is 26.0 Å². The summed E-state index contributed by atoms with van der Waals surface area (Å²) in [5.41, 5.74) is 0. The molecule has 0 bridgehead atoms. The molecule has 7 heteroatoms. The molecule has 17 heavy (non-hydrogen) atoms. The molecule has 0 unspecified atom stereocenters. The number of halogens is 2. The maximum absolute atomic E-state index is 13.2. The van der Waals surface area contributed by atoms with E-state index in [9.17, 15) is 12.8 Å². The van der Waals surface area contributed by atoms with Crippen LogP contribution < -0.4 is 10.0 Å². The molecule has 0 heterocycles. The Morgan fingerprint density at radius 1 is 1.35 bits per heavy atom. The van der Waals surface area contributed by atoms with Crippen LogP contribution in [0, 0.1) is 5.82 Å². The topological polar surface area (TPSA) is 58.2 Å². The lowest BCUT2D eigenvalue weighted by atomic mass is 10.3. The van der Waals surface area contributed by atoms with Gasteiger partial charge < -0.3 is 5.32 Å². The number of sulfonamides is 1. The first-order valence-corrected chi connectivity index (χ1v) is 7.34. The van der Waals surface area contributed by atoms with Crippen LogP contribution in [0.3, 0.4) is 0 Å². The molecular formula is C10H14BrFN2O2S. The molecule has 0 saturated heterocycles. The Morgan fingerprint density at radius 2 is 2.06 bits per heavy atom. The van der Waals surface area contributed by atoms with E-state index in [4.69, 9.17) is 0 Å².